The smallest absolute Gasteiger partial charge is 0.126 e. The summed E-state index contributed by atoms with van der Waals surface area (Å²) in [5.41, 5.74) is 1.61. The molecule has 0 amide bonds. The summed E-state index contributed by atoms with van der Waals surface area (Å²) >= 11 is 6.62. The molecule has 0 nitrogen and oxygen atoms in total. The second kappa shape index (κ2) is 3.68. The third kappa shape index (κ3) is 2.03. The highest BCUT2D eigenvalue weighted by Gasteiger charge is 2.03. The van der Waals surface area contributed by atoms with Gasteiger partial charge in [-0.15, -0.1) is 0 Å². The lowest BCUT2D eigenvalue weighted by Gasteiger charge is -2.02. The van der Waals surface area contributed by atoms with Gasteiger partial charge in [-0.05, 0) is 30.2 Å². The van der Waals surface area contributed by atoms with Crippen LogP contribution in [0.2, 0.25) is 0 Å². The van der Waals surface area contributed by atoms with Gasteiger partial charge in [0.25, 0.3) is 0 Å². The van der Waals surface area contributed by atoms with Gasteiger partial charge in [0.05, 0.1) is 0 Å². The zero-order chi connectivity index (χ0) is 8.43. The normalized spacial score (nSPS) is 10.2. The van der Waals surface area contributed by atoms with Crippen LogP contribution in [0.15, 0.2) is 16.6 Å². The van der Waals surface area contributed by atoms with Crippen molar-refractivity contribution >= 4 is 31.9 Å². The molecule has 1 aromatic carbocycles. The highest BCUT2D eigenvalue weighted by molar-refractivity contribution is 9.10. The van der Waals surface area contributed by atoms with Gasteiger partial charge in [-0.3, -0.25) is 0 Å². The molecule has 0 N–H and O–H groups in total. The van der Waals surface area contributed by atoms with E-state index in [-0.39, 0.29) is 5.82 Å². The maximum Gasteiger partial charge on any atom is 0.126 e. The molecule has 0 radical (unpaired) electrons. The Morgan fingerprint density at radius 3 is 2.64 bits per heavy atom. The van der Waals surface area contributed by atoms with Crippen LogP contribution in [-0.4, -0.2) is 0 Å². The molecule has 0 aliphatic heterocycles. The van der Waals surface area contributed by atoms with Crippen LogP contribution >= 0.6 is 31.9 Å². The van der Waals surface area contributed by atoms with E-state index in [1.165, 1.54) is 6.07 Å². The Bertz CT molecular complexity index is 271. The monoisotopic (exact) mass is 280 g/mol. The number of hydrogen-bond donors (Lipinski definition) is 0. The van der Waals surface area contributed by atoms with Crippen LogP contribution in [0.5, 0.6) is 0 Å². The first kappa shape index (κ1) is 9.20. The number of halogens is 3. The maximum absolute atomic E-state index is 12.9. The standard InChI is InChI=1S/C8H7Br2F/c1-5-2-7(10)6(4-9)3-8(5)11/h2-3H,4H2,1H3. The molecule has 0 spiro atoms. The van der Waals surface area contributed by atoms with E-state index in [1.54, 1.807) is 13.0 Å². The van der Waals surface area contributed by atoms with Gasteiger partial charge in [0.1, 0.15) is 5.82 Å². The van der Waals surface area contributed by atoms with Crippen LogP contribution in [0.4, 0.5) is 4.39 Å². The summed E-state index contributed by atoms with van der Waals surface area (Å²) in [6, 6.07) is 3.32. The molecule has 1 aromatic rings. The molecular weight excluding hydrogens is 275 g/mol. The molecule has 0 aliphatic carbocycles. The van der Waals surface area contributed by atoms with E-state index in [1.807, 2.05) is 0 Å². The van der Waals surface area contributed by atoms with Crippen molar-refractivity contribution < 1.29 is 4.39 Å². The molecule has 0 heterocycles. The molecule has 11 heavy (non-hydrogen) atoms. The van der Waals surface area contributed by atoms with E-state index in [2.05, 4.69) is 31.9 Å². The first-order valence-corrected chi connectivity index (χ1v) is 5.07. The second-order valence-electron chi connectivity index (χ2n) is 2.33. The quantitative estimate of drug-likeness (QED) is 0.687. The predicted molar refractivity (Wildman–Crippen MR) is 51.5 cm³/mol. The fourth-order valence-electron chi connectivity index (χ4n) is 0.790. The molecule has 0 saturated carbocycles. The van der Waals surface area contributed by atoms with Crippen molar-refractivity contribution in [3.05, 3.63) is 33.5 Å². The summed E-state index contributed by atoms with van der Waals surface area (Å²) in [4.78, 5) is 0. The molecule has 0 saturated heterocycles. The Morgan fingerprint density at radius 2 is 2.09 bits per heavy atom. The SMILES string of the molecule is Cc1cc(Br)c(CBr)cc1F. The fraction of sp³-hybridized carbons (Fsp3) is 0.250. The summed E-state index contributed by atoms with van der Waals surface area (Å²) in [5.74, 6) is -0.150. The van der Waals surface area contributed by atoms with Crippen LogP contribution in [0.25, 0.3) is 0 Å². The average Bonchev–Trinajstić information content (AvgIpc) is 1.97. The fourth-order valence-corrected chi connectivity index (χ4v) is 2.23. The summed E-state index contributed by atoms with van der Waals surface area (Å²) in [6.45, 7) is 1.75. The van der Waals surface area contributed by atoms with E-state index >= 15 is 0 Å². The minimum Gasteiger partial charge on any atom is -0.207 e. The molecule has 0 aromatic heterocycles. The predicted octanol–water partition coefficient (Wildman–Crippen LogP) is 3.79. The Hall–Kier alpha value is 0.110. The van der Waals surface area contributed by atoms with Gasteiger partial charge in [-0.2, -0.15) is 0 Å². The lowest BCUT2D eigenvalue weighted by Crippen LogP contribution is -1.87. The van der Waals surface area contributed by atoms with Gasteiger partial charge in [0.15, 0.2) is 0 Å². The van der Waals surface area contributed by atoms with Crippen LogP contribution < -0.4 is 0 Å². The minimum absolute atomic E-state index is 0.150. The molecular formula is C8H7Br2F. The van der Waals surface area contributed by atoms with Crippen LogP contribution in [0, 0.1) is 12.7 Å². The Morgan fingerprint density at radius 1 is 1.45 bits per heavy atom. The van der Waals surface area contributed by atoms with E-state index in [4.69, 9.17) is 0 Å². The minimum atomic E-state index is -0.150. The Balaban J connectivity index is 3.21. The number of alkyl halides is 1. The van der Waals surface area contributed by atoms with Gasteiger partial charge in [-0.25, -0.2) is 4.39 Å². The first-order chi connectivity index (χ1) is 5.15. The zero-order valence-electron chi connectivity index (χ0n) is 6.00. The number of aryl methyl sites for hydroxylation is 1. The number of hydrogen-bond acceptors (Lipinski definition) is 0. The molecule has 1 rings (SSSR count). The molecule has 0 bridgehead atoms. The average molecular weight is 282 g/mol. The van der Waals surface area contributed by atoms with Crippen LogP contribution in [0.1, 0.15) is 11.1 Å². The number of rotatable bonds is 1. The summed E-state index contributed by atoms with van der Waals surface area (Å²) in [6.07, 6.45) is 0. The van der Waals surface area contributed by atoms with E-state index in [9.17, 15) is 4.39 Å². The largest absolute Gasteiger partial charge is 0.207 e. The van der Waals surface area contributed by atoms with Crippen molar-refractivity contribution in [1.29, 1.82) is 0 Å². The summed E-state index contributed by atoms with van der Waals surface area (Å²) < 4.78 is 13.9. The molecule has 0 unspecified atom stereocenters. The lowest BCUT2D eigenvalue weighted by molar-refractivity contribution is 0.617. The lowest BCUT2D eigenvalue weighted by atomic mass is 10.2. The molecule has 0 atom stereocenters. The van der Waals surface area contributed by atoms with Gasteiger partial charge in [0.2, 0.25) is 0 Å². The Kier molecular flexibility index (Phi) is 3.07. The van der Waals surface area contributed by atoms with Crippen molar-refractivity contribution in [2.24, 2.45) is 0 Å². The molecule has 3 heteroatoms. The van der Waals surface area contributed by atoms with Gasteiger partial charge < -0.3 is 0 Å². The summed E-state index contributed by atoms with van der Waals surface area (Å²) in [7, 11) is 0. The van der Waals surface area contributed by atoms with Crippen molar-refractivity contribution in [3.63, 3.8) is 0 Å². The second-order valence-corrected chi connectivity index (χ2v) is 3.74. The third-order valence-corrected chi connectivity index (χ3v) is 2.81. The summed E-state index contributed by atoms with van der Waals surface area (Å²) in [5, 5.41) is 0.671. The van der Waals surface area contributed by atoms with E-state index < -0.39 is 0 Å². The van der Waals surface area contributed by atoms with Gasteiger partial charge in [-0.1, -0.05) is 31.9 Å². The molecule has 0 fully saturated rings. The van der Waals surface area contributed by atoms with E-state index in [0.29, 0.717) is 10.9 Å². The van der Waals surface area contributed by atoms with Crippen molar-refractivity contribution in [2.75, 3.05) is 0 Å². The Labute approximate surface area is 82.1 Å². The van der Waals surface area contributed by atoms with Crippen LogP contribution in [0.3, 0.4) is 0 Å². The van der Waals surface area contributed by atoms with Gasteiger partial charge in [0, 0.05) is 9.80 Å². The first-order valence-electron chi connectivity index (χ1n) is 3.15. The maximum atomic E-state index is 12.9. The zero-order valence-corrected chi connectivity index (χ0v) is 9.17. The van der Waals surface area contributed by atoms with Gasteiger partial charge >= 0.3 is 0 Å². The third-order valence-electron chi connectivity index (χ3n) is 1.47. The number of benzene rings is 1. The molecule has 0 aliphatic rings. The van der Waals surface area contributed by atoms with E-state index in [0.717, 1.165) is 10.0 Å². The molecule has 60 valence electrons. The van der Waals surface area contributed by atoms with Crippen molar-refractivity contribution in [1.82, 2.24) is 0 Å². The van der Waals surface area contributed by atoms with Crippen LogP contribution in [-0.2, 0) is 5.33 Å². The highest BCUT2D eigenvalue weighted by atomic mass is 79.9. The highest BCUT2D eigenvalue weighted by Crippen LogP contribution is 2.22. The van der Waals surface area contributed by atoms with Crippen molar-refractivity contribution in [2.45, 2.75) is 12.3 Å². The topological polar surface area (TPSA) is 0 Å². The van der Waals surface area contributed by atoms with Crippen molar-refractivity contribution in [3.8, 4) is 0 Å².